The van der Waals surface area contributed by atoms with E-state index < -0.39 is 0 Å². The van der Waals surface area contributed by atoms with Crippen molar-refractivity contribution in [2.75, 3.05) is 0 Å². The quantitative estimate of drug-likeness (QED) is 0.284. The zero-order valence-corrected chi connectivity index (χ0v) is 16.5. The second-order valence-corrected chi connectivity index (χ2v) is 7.22. The summed E-state index contributed by atoms with van der Waals surface area (Å²) in [4.78, 5) is 0. The van der Waals surface area contributed by atoms with Crippen LogP contribution in [0.15, 0.2) is 132 Å². The molecule has 0 aliphatic rings. The third-order valence-corrected chi connectivity index (χ3v) is 5.23. The van der Waals surface area contributed by atoms with Crippen LogP contribution in [0.25, 0.3) is 44.9 Å². The number of hydrogen-bond acceptors (Lipinski definition) is 0. The predicted octanol–water partition coefficient (Wildman–Crippen LogP) is 8.23. The maximum Gasteiger partial charge on any atom is 0.361 e. The predicted molar refractivity (Wildman–Crippen MR) is 125 cm³/mol. The van der Waals surface area contributed by atoms with Gasteiger partial charge in [-0.15, -0.1) is 0 Å². The van der Waals surface area contributed by atoms with E-state index in [9.17, 15) is 0 Å². The van der Waals surface area contributed by atoms with Crippen molar-refractivity contribution in [3.63, 3.8) is 0 Å². The Labute approximate surface area is 176 Å². The lowest BCUT2D eigenvalue weighted by Crippen LogP contribution is -1.88. The summed E-state index contributed by atoms with van der Waals surface area (Å²) in [6.07, 6.45) is 0. The van der Waals surface area contributed by atoms with Crippen LogP contribution in [0, 0.1) is 0 Å². The third kappa shape index (κ3) is 3.66. The summed E-state index contributed by atoms with van der Waals surface area (Å²) in [7, 11) is 0. The monoisotopic (exact) mass is 385 g/mol. The van der Waals surface area contributed by atoms with Crippen molar-refractivity contribution < 1.29 is 4.42 Å². The first-order valence-electron chi connectivity index (χ1n) is 10.1. The van der Waals surface area contributed by atoms with Gasteiger partial charge in [-0.2, -0.15) is 0 Å². The highest BCUT2D eigenvalue weighted by Gasteiger charge is 2.21. The van der Waals surface area contributed by atoms with E-state index in [2.05, 4.69) is 91.0 Å². The fraction of sp³-hybridized carbons (Fsp3) is 0. The highest BCUT2D eigenvalue weighted by molar-refractivity contribution is 5.86. The molecule has 1 heterocycles. The van der Waals surface area contributed by atoms with Crippen LogP contribution in [0.1, 0.15) is 0 Å². The molecule has 0 amide bonds. The molecule has 0 saturated heterocycles. The van der Waals surface area contributed by atoms with Crippen LogP contribution in [-0.2, 0) is 0 Å². The topological polar surface area (TPSA) is 11.3 Å². The van der Waals surface area contributed by atoms with E-state index in [0.29, 0.717) is 0 Å². The van der Waals surface area contributed by atoms with E-state index in [-0.39, 0.29) is 0 Å². The minimum Gasteiger partial charge on any atom is -0.207 e. The lowest BCUT2D eigenvalue weighted by molar-refractivity contribution is 0.582. The molecule has 0 bridgehead atoms. The summed E-state index contributed by atoms with van der Waals surface area (Å²) >= 11 is 0. The van der Waals surface area contributed by atoms with Crippen LogP contribution >= 0.6 is 0 Å². The molecule has 5 aromatic rings. The largest absolute Gasteiger partial charge is 0.361 e. The molecule has 0 radical (unpaired) electrons. The zero-order valence-electron chi connectivity index (χ0n) is 16.5. The second kappa shape index (κ2) is 8.18. The Bertz CT molecular complexity index is 1200. The van der Waals surface area contributed by atoms with Gasteiger partial charge in [0, 0.05) is 5.56 Å². The molecule has 1 heteroatoms. The van der Waals surface area contributed by atoms with E-state index in [1.807, 2.05) is 36.4 Å². The molecule has 0 N–H and O–H groups in total. The van der Waals surface area contributed by atoms with E-state index in [4.69, 9.17) is 4.42 Å². The van der Waals surface area contributed by atoms with Crippen LogP contribution in [-0.4, -0.2) is 0 Å². The van der Waals surface area contributed by atoms with Crippen molar-refractivity contribution in [1.82, 2.24) is 0 Å². The van der Waals surface area contributed by atoms with E-state index in [0.717, 1.165) is 28.2 Å². The molecule has 4 aromatic carbocycles. The average Bonchev–Trinajstić information content (AvgIpc) is 2.85. The normalized spacial score (nSPS) is 10.7. The Morgan fingerprint density at radius 1 is 0.333 bits per heavy atom. The summed E-state index contributed by atoms with van der Waals surface area (Å²) in [5, 5.41) is 0. The van der Waals surface area contributed by atoms with E-state index in [1.54, 1.807) is 0 Å². The first-order chi connectivity index (χ1) is 14.9. The van der Waals surface area contributed by atoms with Crippen LogP contribution < -0.4 is 0 Å². The fourth-order valence-corrected chi connectivity index (χ4v) is 3.75. The molecule has 1 aromatic heterocycles. The standard InChI is InChI=1S/C29H21O/c1-4-12-22(13-5-1)26-18-10-11-19-27(26)25-20-28(23-14-6-2-7-15-23)30-29(21-25)24-16-8-3-9-17-24/h1-21H/q+1. The molecule has 0 spiro atoms. The summed E-state index contributed by atoms with van der Waals surface area (Å²) in [5.74, 6) is 1.71. The molecule has 0 atom stereocenters. The van der Waals surface area contributed by atoms with Gasteiger partial charge in [-0.1, -0.05) is 91.0 Å². The van der Waals surface area contributed by atoms with Crippen molar-refractivity contribution in [3.05, 3.63) is 127 Å². The van der Waals surface area contributed by atoms with E-state index >= 15 is 0 Å². The van der Waals surface area contributed by atoms with Gasteiger partial charge in [-0.25, -0.2) is 4.42 Å². The molecule has 0 unspecified atom stereocenters. The smallest absolute Gasteiger partial charge is 0.207 e. The molecule has 5 rings (SSSR count). The van der Waals surface area contributed by atoms with Gasteiger partial charge >= 0.3 is 11.5 Å². The van der Waals surface area contributed by atoms with Crippen molar-refractivity contribution in [1.29, 1.82) is 0 Å². The maximum absolute atomic E-state index is 6.36. The van der Waals surface area contributed by atoms with Crippen molar-refractivity contribution in [3.8, 4) is 44.9 Å². The van der Waals surface area contributed by atoms with Gasteiger partial charge in [0.05, 0.1) is 23.3 Å². The van der Waals surface area contributed by atoms with Gasteiger partial charge in [0.25, 0.3) is 0 Å². The SMILES string of the molecule is c1ccc(-c2cc(-c3ccccc3-c3ccccc3)cc(-c3ccccc3)[o+]2)cc1. The Balaban J connectivity index is 1.74. The highest BCUT2D eigenvalue weighted by atomic mass is 16.3. The van der Waals surface area contributed by atoms with E-state index in [1.165, 1.54) is 16.7 Å². The molecule has 1 nitrogen and oxygen atoms in total. The first-order valence-corrected chi connectivity index (χ1v) is 10.1. The minimum absolute atomic E-state index is 0.856. The van der Waals surface area contributed by atoms with Gasteiger partial charge in [0.1, 0.15) is 0 Å². The molecular formula is C29H21O+. The van der Waals surface area contributed by atoms with Crippen molar-refractivity contribution in [2.45, 2.75) is 0 Å². The van der Waals surface area contributed by atoms with Crippen LogP contribution in [0.5, 0.6) is 0 Å². The number of benzene rings is 4. The Morgan fingerprint density at radius 3 is 1.17 bits per heavy atom. The third-order valence-electron chi connectivity index (χ3n) is 5.23. The van der Waals surface area contributed by atoms with Crippen LogP contribution in [0.3, 0.4) is 0 Å². The lowest BCUT2D eigenvalue weighted by Gasteiger charge is -2.10. The minimum atomic E-state index is 0.856. The zero-order chi connectivity index (χ0) is 20.2. The Kier molecular flexibility index (Phi) is 4.93. The number of rotatable bonds is 4. The Morgan fingerprint density at radius 2 is 0.700 bits per heavy atom. The summed E-state index contributed by atoms with van der Waals surface area (Å²) < 4.78 is 6.36. The average molecular weight is 385 g/mol. The molecule has 30 heavy (non-hydrogen) atoms. The second-order valence-electron chi connectivity index (χ2n) is 7.22. The molecule has 142 valence electrons. The van der Waals surface area contributed by atoms with Gasteiger partial charge in [-0.3, -0.25) is 0 Å². The lowest BCUT2D eigenvalue weighted by atomic mass is 9.93. The summed E-state index contributed by atoms with van der Waals surface area (Å²) in [6.45, 7) is 0. The molecule has 0 fully saturated rings. The molecule has 0 aliphatic heterocycles. The molecule has 0 aliphatic carbocycles. The first kappa shape index (κ1) is 18.1. The van der Waals surface area contributed by atoms with Gasteiger partial charge in [0.15, 0.2) is 0 Å². The van der Waals surface area contributed by atoms with Gasteiger partial charge < -0.3 is 0 Å². The number of hydrogen-bond donors (Lipinski definition) is 0. The molecular weight excluding hydrogens is 364 g/mol. The van der Waals surface area contributed by atoms with Crippen molar-refractivity contribution >= 4 is 0 Å². The van der Waals surface area contributed by atoms with Gasteiger partial charge in [-0.05, 0) is 41.0 Å². The van der Waals surface area contributed by atoms with Crippen LogP contribution in [0.4, 0.5) is 0 Å². The van der Waals surface area contributed by atoms with Gasteiger partial charge in [0.2, 0.25) is 0 Å². The maximum atomic E-state index is 6.36. The summed E-state index contributed by atoms with van der Waals surface area (Å²) in [5.41, 5.74) is 6.87. The van der Waals surface area contributed by atoms with Crippen molar-refractivity contribution in [2.24, 2.45) is 0 Å². The Hall–Kier alpha value is -3.97. The molecule has 0 saturated carbocycles. The summed E-state index contributed by atoms with van der Waals surface area (Å²) in [6, 6.07) is 43.9. The van der Waals surface area contributed by atoms with Crippen LogP contribution in [0.2, 0.25) is 0 Å². The fourth-order valence-electron chi connectivity index (χ4n) is 3.75. The highest BCUT2D eigenvalue weighted by Crippen LogP contribution is 2.37.